The van der Waals surface area contributed by atoms with Gasteiger partial charge in [0.25, 0.3) is 0 Å². The van der Waals surface area contributed by atoms with Crippen molar-refractivity contribution in [3.63, 3.8) is 0 Å². The SMILES string of the molecule is CN1CCN(CC2CSc3ccccc32)c2ccccc21. The van der Waals surface area contributed by atoms with Gasteiger partial charge in [0.05, 0.1) is 11.4 Å². The zero-order valence-electron chi connectivity index (χ0n) is 12.3. The van der Waals surface area contributed by atoms with Crippen LogP contribution in [0.1, 0.15) is 11.5 Å². The summed E-state index contributed by atoms with van der Waals surface area (Å²) in [5.41, 5.74) is 4.29. The highest BCUT2D eigenvalue weighted by Gasteiger charge is 2.27. The third-order valence-electron chi connectivity index (χ3n) is 4.58. The van der Waals surface area contributed by atoms with Crippen LogP contribution < -0.4 is 9.80 Å². The number of anilines is 2. The molecule has 3 heteroatoms. The first kappa shape index (κ1) is 13.1. The molecule has 1 atom stereocenters. The van der Waals surface area contributed by atoms with Crippen molar-refractivity contribution < 1.29 is 0 Å². The maximum Gasteiger partial charge on any atom is 0.0604 e. The van der Waals surface area contributed by atoms with Crippen molar-refractivity contribution in [2.24, 2.45) is 0 Å². The van der Waals surface area contributed by atoms with Crippen molar-refractivity contribution in [2.75, 3.05) is 42.2 Å². The number of para-hydroxylation sites is 2. The largest absolute Gasteiger partial charge is 0.371 e. The van der Waals surface area contributed by atoms with Crippen molar-refractivity contribution in [3.05, 3.63) is 54.1 Å². The molecule has 0 radical (unpaired) electrons. The van der Waals surface area contributed by atoms with E-state index in [9.17, 15) is 0 Å². The number of hydrogen-bond acceptors (Lipinski definition) is 3. The fourth-order valence-corrected chi connectivity index (χ4v) is 4.64. The minimum atomic E-state index is 0.655. The maximum absolute atomic E-state index is 2.57. The van der Waals surface area contributed by atoms with Gasteiger partial charge in [-0.15, -0.1) is 11.8 Å². The third-order valence-corrected chi connectivity index (χ3v) is 5.83. The monoisotopic (exact) mass is 296 g/mol. The van der Waals surface area contributed by atoms with Gasteiger partial charge in [0.15, 0.2) is 0 Å². The minimum Gasteiger partial charge on any atom is -0.371 e. The van der Waals surface area contributed by atoms with Crippen molar-refractivity contribution in [3.8, 4) is 0 Å². The number of fused-ring (bicyclic) bond motifs is 2. The zero-order valence-corrected chi connectivity index (χ0v) is 13.1. The molecule has 1 unspecified atom stereocenters. The Kier molecular flexibility index (Phi) is 3.30. The first-order chi connectivity index (χ1) is 10.3. The van der Waals surface area contributed by atoms with Crippen LogP contribution in [0.3, 0.4) is 0 Å². The number of likely N-dealkylation sites (N-methyl/N-ethyl adjacent to an activating group) is 1. The van der Waals surface area contributed by atoms with Crippen molar-refractivity contribution in [2.45, 2.75) is 10.8 Å². The van der Waals surface area contributed by atoms with E-state index in [-0.39, 0.29) is 0 Å². The highest BCUT2D eigenvalue weighted by molar-refractivity contribution is 7.99. The van der Waals surface area contributed by atoms with Crippen molar-refractivity contribution in [1.82, 2.24) is 0 Å². The second-order valence-corrected chi connectivity index (χ2v) is 6.96. The van der Waals surface area contributed by atoms with Crippen molar-refractivity contribution in [1.29, 1.82) is 0 Å². The molecule has 0 aliphatic carbocycles. The summed E-state index contributed by atoms with van der Waals surface area (Å²) in [4.78, 5) is 6.41. The quantitative estimate of drug-likeness (QED) is 0.831. The van der Waals surface area contributed by atoms with E-state index in [4.69, 9.17) is 0 Å². The second kappa shape index (κ2) is 5.30. The molecular formula is C18H20N2S. The molecule has 2 heterocycles. The first-order valence-electron chi connectivity index (χ1n) is 7.60. The second-order valence-electron chi connectivity index (χ2n) is 5.90. The molecule has 2 aromatic rings. The van der Waals surface area contributed by atoms with E-state index in [0.717, 1.165) is 19.6 Å². The molecule has 0 fully saturated rings. The molecule has 2 aliphatic heterocycles. The summed E-state index contributed by atoms with van der Waals surface area (Å²) in [6.45, 7) is 3.37. The van der Waals surface area contributed by atoms with Crippen LogP contribution in [-0.4, -0.2) is 32.4 Å². The summed E-state index contributed by atoms with van der Waals surface area (Å²) in [6, 6.07) is 17.7. The molecule has 2 nitrogen and oxygen atoms in total. The molecule has 0 bridgehead atoms. The summed E-state index contributed by atoms with van der Waals surface area (Å²) in [5.74, 6) is 1.87. The Bertz CT molecular complexity index is 655. The van der Waals surface area contributed by atoms with Crippen LogP contribution in [0.25, 0.3) is 0 Å². The fraction of sp³-hybridized carbons (Fsp3) is 0.333. The lowest BCUT2D eigenvalue weighted by Gasteiger charge is -2.38. The van der Waals surface area contributed by atoms with Gasteiger partial charge in [-0.2, -0.15) is 0 Å². The number of nitrogens with zero attached hydrogens (tertiary/aromatic N) is 2. The molecule has 0 aromatic heterocycles. The molecule has 0 saturated heterocycles. The third kappa shape index (κ3) is 2.30. The predicted molar refractivity (Wildman–Crippen MR) is 91.8 cm³/mol. The molecule has 0 spiro atoms. The highest BCUT2D eigenvalue weighted by atomic mass is 32.2. The average molecular weight is 296 g/mol. The van der Waals surface area contributed by atoms with Gasteiger partial charge in [-0.1, -0.05) is 30.3 Å². The Morgan fingerprint density at radius 3 is 2.67 bits per heavy atom. The Hall–Kier alpha value is -1.61. The Morgan fingerprint density at radius 2 is 1.76 bits per heavy atom. The zero-order chi connectivity index (χ0) is 14.2. The minimum absolute atomic E-state index is 0.655. The first-order valence-corrected chi connectivity index (χ1v) is 8.58. The lowest BCUT2D eigenvalue weighted by atomic mass is 10.00. The normalized spacial score (nSPS) is 20.3. The summed E-state index contributed by atoms with van der Waals surface area (Å²) in [6.07, 6.45) is 0. The molecule has 108 valence electrons. The molecule has 0 amide bonds. The maximum atomic E-state index is 2.57. The van der Waals surface area contributed by atoms with Gasteiger partial charge in [-0.05, 0) is 23.8 Å². The molecule has 21 heavy (non-hydrogen) atoms. The van der Waals surface area contributed by atoms with E-state index in [2.05, 4.69) is 65.4 Å². The van der Waals surface area contributed by atoms with Crippen molar-refractivity contribution >= 4 is 23.1 Å². The van der Waals surface area contributed by atoms with Crippen LogP contribution >= 0.6 is 11.8 Å². The summed E-state index contributed by atoms with van der Waals surface area (Å²) in [5, 5.41) is 0. The highest BCUT2D eigenvalue weighted by Crippen LogP contribution is 2.41. The van der Waals surface area contributed by atoms with Gasteiger partial charge in [0, 0.05) is 43.2 Å². The van der Waals surface area contributed by atoms with E-state index in [1.54, 1.807) is 5.56 Å². The summed E-state index contributed by atoms with van der Waals surface area (Å²) in [7, 11) is 2.19. The van der Waals surface area contributed by atoms with E-state index < -0.39 is 0 Å². The number of benzene rings is 2. The molecular weight excluding hydrogens is 276 g/mol. The standard InChI is InChI=1S/C18H20N2S/c1-19-10-11-20(17-8-4-3-7-16(17)19)12-14-13-21-18-9-5-2-6-15(14)18/h2-9,14H,10-13H2,1H3. The number of thioether (sulfide) groups is 1. The summed E-state index contributed by atoms with van der Waals surface area (Å²) < 4.78 is 0. The van der Waals surface area contributed by atoms with Crippen LogP contribution in [0.5, 0.6) is 0 Å². The predicted octanol–water partition coefficient (Wildman–Crippen LogP) is 3.83. The van der Waals surface area contributed by atoms with E-state index in [1.807, 2.05) is 11.8 Å². The van der Waals surface area contributed by atoms with Crippen LogP contribution in [0.2, 0.25) is 0 Å². The molecule has 0 N–H and O–H groups in total. The van der Waals surface area contributed by atoms with E-state index in [0.29, 0.717) is 5.92 Å². The van der Waals surface area contributed by atoms with Crippen LogP contribution in [-0.2, 0) is 0 Å². The Labute approximate surface area is 130 Å². The Balaban J connectivity index is 1.61. The molecule has 2 aromatic carbocycles. The lowest BCUT2D eigenvalue weighted by molar-refractivity contribution is 0.671. The fourth-order valence-electron chi connectivity index (χ4n) is 3.40. The number of hydrogen-bond donors (Lipinski definition) is 0. The van der Waals surface area contributed by atoms with Gasteiger partial charge in [0.1, 0.15) is 0 Å². The van der Waals surface area contributed by atoms with Gasteiger partial charge < -0.3 is 9.80 Å². The average Bonchev–Trinajstić information content (AvgIpc) is 2.94. The van der Waals surface area contributed by atoms with Crippen LogP contribution in [0, 0.1) is 0 Å². The molecule has 0 saturated carbocycles. The lowest BCUT2D eigenvalue weighted by Crippen LogP contribution is -2.41. The molecule has 2 aliphatic rings. The van der Waals surface area contributed by atoms with E-state index in [1.165, 1.54) is 22.0 Å². The Morgan fingerprint density at radius 1 is 1.00 bits per heavy atom. The van der Waals surface area contributed by atoms with E-state index >= 15 is 0 Å². The van der Waals surface area contributed by atoms with Gasteiger partial charge >= 0.3 is 0 Å². The smallest absolute Gasteiger partial charge is 0.0604 e. The summed E-state index contributed by atoms with van der Waals surface area (Å²) >= 11 is 2.01. The van der Waals surface area contributed by atoms with Gasteiger partial charge in [-0.3, -0.25) is 0 Å². The topological polar surface area (TPSA) is 6.48 Å². The van der Waals surface area contributed by atoms with Crippen LogP contribution in [0.4, 0.5) is 11.4 Å². The van der Waals surface area contributed by atoms with Gasteiger partial charge in [0.2, 0.25) is 0 Å². The number of rotatable bonds is 2. The van der Waals surface area contributed by atoms with Gasteiger partial charge in [-0.25, -0.2) is 0 Å². The van der Waals surface area contributed by atoms with Crippen LogP contribution in [0.15, 0.2) is 53.4 Å². The molecule has 4 rings (SSSR count).